The Morgan fingerprint density at radius 3 is 0.516 bits per heavy atom. The summed E-state index contributed by atoms with van der Waals surface area (Å²) in [5.41, 5.74) is 0. The second kappa shape index (κ2) is 62.6. The van der Waals surface area contributed by atoms with Crippen LogP contribution in [-0.2, 0) is 61.6 Å². The average Bonchev–Trinajstić information content (AvgIpc) is 3.82. The molecule has 0 saturated carbocycles. The number of hydrogen-bond donors (Lipinski definition) is 2. The molecule has 0 aromatic heterocycles. The fraction of sp³-hybridized carbons (Fsp3) is 1.00. The van der Waals surface area contributed by atoms with Crippen LogP contribution in [0.2, 0.25) is 0 Å². The molecule has 0 aliphatic carbocycles. The first-order valence-corrected chi connectivity index (χ1v) is 22.0. The van der Waals surface area contributed by atoms with Crippen LogP contribution in [0.1, 0.15) is 12.8 Å². The predicted molar refractivity (Wildman–Crippen MR) is 243 cm³/mol. The maximum atomic E-state index is 5.73. The van der Waals surface area contributed by atoms with E-state index in [0.717, 1.165) is 131 Å². The topological polar surface area (TPSA) is 135 Å². The van der Waals surface area contributed by atoms with Crippen molar-refractivity contribution in [2.45, 2.75) is 12.8 Å². The molecule has 64 heavy (non-hydrogen) atoms. The Hall–Kier alpha value is 5.31. The van der Waals surface area contributed by atoms with Gasteiger partial charge in [0.25, 0.3) is 0 Å². The fourth-order valence-corrected chi connectivity index (χ4v) is 6.32. The molecule has 17 nitrogen and oxygen atoms in total. The average molecular weight is 1270 g/mol. The molecule has 0 aromatic carbocycles. The van der Waals surface area contributed by atoms with Gasteiger partial charge in [0.1, 0.15) is 39.3 Å². The number of nitrogens with zero attached hydrogens (tertiary/aromatic N) is 2. The van der Waals surface area contributed by atoms with Crippen molar-refractivity contribution >= 4 is 88.0 Å². The molecule has 20 radical (unpaired) electrons. The van der Waals surface area contributed by atoms with Gasteiger partial charge >= 0.3 is 103 Å². The van der Waals surface area contributed by atoms with Gasteiger partial charge in [-0.1, -0.05) is 0 Å². The molecule has 0 spiro atoms. The number of quaternary nitrogens is 2. The molecule has 2 N–H and O–H groups in total. The Kier molecular flexibility index (Phi) is 76.5. The minimum absolute atomic E-state index is 0. The van der Waals surface area contributed by atoms with Crippen molar-refractivity contribution in [1.29, 1.82) is 0 Å². The predicted octanol–water partition coefficient (Wildman–Crippen LogP) is -10.5. The van der Waals surface area contributed by atoms with E-state index in [-0.39, 0.29) is 191 Å². The molecule has 358 valence electrons. The molecule has 7 rings (SSSR count). The van der Waals surface area contributed by atoms with E-state index in [2.05, 4.69) is 9.80 Å². The van der Waals surface area contributed by atoms with E-state index in [9.17, 15) is 0 Å². The van der Waals surface area contributed by atoms with Gasteiger partial charge in [-0.15, -0.1) is 0 Å². The van der Waals surface area contributed by atoms with E-state index in [4.69, 9.17) is 61.6 Å². The van der Waals surface area contributed by atoms with Gasteiger partial charge in [0.05, 0.1) is 159 Å². The van der Waals surface area contributed by atoms with Gasteiger partial charge < -0.3 is 71.4 Å². The van der Waals surface area contributed by atoms with Crippen LogP contribution < -0.4 is 113 Å². The third-order valence-corrected chi connectivity index (χ3v) is 9.97. The molecule has 0 atom stereocenters. The molecule has 7 heterocycles. The quantitative estimate of drug-likeness (QED) is 0.223. The molecule has 0 amide bonds. The summed E-state index contributed by atoms with van der Waals surface area (Å²) in [6.45, 7) is 29.3. The molecule has 7 aliphatic rings. The van der Waals surface area contributed by atoms with Crippen molar-refractivity contribution in [2.24, 2.45) is 0 Å². The first kappa shape index (κ1) is 78.2. The molecule has 4 bridgehead atoms. The maximum absolute atomic E-state index is 5.73. The van der Waals surface area contributed by atoms with Crippen LogP contribution in [0.3, 0.4) is 0 Å². The van der Waals surface area contributed by atoms with Gasteiger partial charge in [0, 0.05) is 140 Å². The van der Waals surface area contributed by atoms with Crippen LogP contribution in [0.25, 0.3) is 0 Å². The van der Waals surface area contributed by atoms with Crippen LogP contribution in [0.4, 0.5) is 0 Å². The standard InChI is InChI=1S/2C18H36N2O6.C4H8O.5Ge.2K/c2*1-7-21-13-14-24-10-4-20-5-11-25-17-15-22-8-2-19(1)3-9-23-16-18-26-12-6-20;1-2-4-5-3-1;;;;;;;/h2*1-18H2;1-4H2;;;;;;;/q;;;;;;;;2*+1/p+2. The monoisotopic (exact) mass is 1270 g/mol. The number of rotatable bonds is 0. The number of nitrogens with one attached hydrogen (secondary N) is 2. The van der Waals surface area contributed by atoms with Gasteiger partial charge in [0.15, 0.2) is 0 Å². The summed E-state index contributed by atoms with van der Waals surface area (Å²) < 4.78 is 73.5. The molecular weight excluding hydrogens is 1190 g/mol. The minimum atomic E-state index is 0. The van der Waals surface area contributed by atoms with Gasteiger partial charge in [-0.05, 0) is 12.8 Å². The molecule has 0 aromatic rings. The Labute approximate surface area is 527 Å². The van der Waals surface area contributed by atoms with Crippen LogP contribution in [0.15, 0.2) is 0 Å². The smallest absolute Gasteiger partial charge is 0.381 e. The third kappa shape index (κ3) is 50.8. The van der Waals surface area contributed by atoms with Crippen molar-refractivity contribution in [3.05, 3.63) is 0 Å². The van der Waals surface area contributed by atoms with E-state index in [1.54, 1.807) is 0 Å². The molecule has 24 heteroatoms. The molecule has 7 saturated heterocycles. The SMILES string of the molecule is C1CCOC1.C1COCCN2CCOCCOCCN(CCO1)CCOCCOCC2.C1COCC[NH+]2CCOCCOCC[NH+](CCO1)CCOCCOCC2.[Ge].[Ge].[Ge].[Ge].[Ge].[K+].[K+]. The maximum Gasteiger partial charge on any atom is 1.00 e. The van der Waals surface area contributed by atoms with Crippen molar-refractivity contribution in [1.82, 2.24) is 9.80 Å². The summed E-state index contributed by atoms with van der Waals surface area (Å²) in [4.78, 5) is 7.50. The number of ether oxygens (including phenoxy) is 13. The van der Waals surface area contributed by atoms with E-state index in [1.807, 2.05) is 0 Å². The van der Waals surface area contributed by atoms with Crippen molar-refractivity contribution in [3.8, 4) is 0 Å². The minimum Gasteiger partial charge on any atom is -0.381 e. The zero-order valence-corrected chi connectivity index (χ0v) is 56.7. The zero-order valence-electron chi connectivity index (χ0n) is 40.0. The Bertz CT molecular complexity index is 658. The molecule has 0 unspecified atom stereocenters. The van der Waals surface area contributed by atoms with Gasteiger partial charge in [0.2, 0.25) is 0 Å². The summed E-state index contributed by atoms with van der Waals surface area (Å²) in [7, 11) is 0. The Morgan fingerprint density at radius 1 is 0.203 bits per heavy atom. The number of hydrogen-bond acceptors (Lipinski definition) is 15. The van der Waals surface area contributed by atoms with Gasteiger partial charge in [-0.25, -0.2) is 0 Å². The molecular formula is C40H82Ge5K2N4O13+4. The van der Waals surface area contributed by atoms with E-state index in [0.29, 0.717) is 119 Å². The summed E-state index contributed by atoms with van der Waals surface area (Å²) in [6, 6.07) is 0. The van der Waals surface area contributed by atoms with Crippen molar-refractivity contribution in [3.63, 3.8) is 0 Å². The second-order valence-corrected chi connectivity index (χ2v) is 14.4. The summed E-state index contributed by atoms with van der Waals surface area (Å²) in [6.07, 6.45) is 2.56. The van der Waals surface area contributed by atoms with E-state index < -0.39 is 0 Å². The second-order valence-electron chi connectivity index (χ2n) is 14.4. The van der Waals surface area contributed by atoms with Crippen LogP contribution >= 0.6 is 0 Å². The fourth-order valence-electron chi connectivity index (χ4n) is 6.32. The Morgan fingerprint density at radius 2 is 0.359 bits per heavy atom. The first-order chi connectivity index (χ1) is 28.4. The van der Waals surface area contributed by atoms with Crippen LogP contribution in [0.5, 0.6) is 0 Å². The number of fused-ring (bicyclic) bond motifs is 42. The van der Waals surface area contributed by atoms with E-state index in [1.165, 1.54) is 22.6 Å². The summed E-state index contributed by atoms with van der Waals surface area (Å²) >= 11 is 0. The van der Waals surface area contributed by atoms with Crippen molar-refractivity contribution < 1.29 is 174 Å². The van der Waals surface area contributed by atoms with Gasteiger partial charge in [-0.2, -0.15) is 0 Å². The van der Waals surface area contributed by atoms with E-state index >= 15 is 0 Å². The zero-order chi connectivity index (χ0) is 39.8. The first-order valence-electron chi connectivity index (χ1n) is 22.0. The third-order valence-electron chi connectivity index (χ3n) is 9.97. The van der Waals surface area contributed by atoms with Crippen LogP contribution in [0, 0.1) is 0 Å². The summed E-state index contributed by atoms with van der Waals surface area (Å²) in [5, 5.41) is 0. The normalized spacial score (nSPS) is 26.6. The summed E-state index contributed by atoms with van der Waals surface area (Å²) in [5.74, 6) is 0. The molecule has 7 aliphatic heterocycles. The van der Waals surface area contributed by atoms with Crippen LogP contribution in [-0.4, -0.2) is 348 Å². The Balaban J connectivity index is -0.000000296. The van der Waals surface area contributed by atoms with Gasteiger partial charge in [-0.3, -0.25) is 9.80 Å². The molecule has 7 fully saturated rings. The van der Waals surface area contributed by atoms with Crippen molar-refractivity contribution in [2.75, 3.05) is 250 Å². The largest absolute Gasteiger partial charge is 1.00 e.